The first-order valence-corrected chi connectivity index (χ1v) is 8.60. The summed E-state index contributed by atoms with van der Waals surface area (Å²) in [6.07, 6.45) is 1.82. The number of amides is 1. The van der Waals surface area contributed by atoms with Crippen LogP contribution in [0.15, 0.2) is 24.3 Å². The molecule has 1 saturated heterocycles. The number of carbonyl (C=O) groups is 1. The zero-order chi connectivity index (χ0) is 15.3. The Morgan fingerprint density at radius 2 is 2.05 bits per heavy atom. The van der Waals surface area contributed by atoms with Gasteiger partial charge in [-0.15, -0.1) is 0 Å². The smallest absolute Gasteiger partial charge is 0.235 e. The zero-order valence-corrected chi connectivity index (χ0v) is 12.4. The summed E-state index contributed by atoms with van der Waals surface area (Å²) in [6.45, 7) is 1.02. The second-order valence-electron chi connectivity index (χ2n) is 5.10. The minimum Gasteiger partial charge on any atom is -0.376 e. The van der Waals surface area contributed by atoms with E-state index in [1.54, 1.807) is 0 Å². The molecule has 0 radical (unpaired) electrons. The summed E-state index contributed by atoms with van der Waals surface area (Å²) in [6, 6.07) is 5.19. The van der Waals surface area contributed by atoms with E-state index in [0.717, 1.165) is 12.8 Å². The molecule has 1 heterocycles. The van der Waals surface area contributed by atoms with E-state index in [9.17, 15) is 17.6 Å². The predicted octanol–water partition coefficient (Wildman–Crippen LogP) is 1.04. The molecule has 1 N–H and O–H groups in total. The van der Waals surface area contributed by atoms with Crippen LogP contribution in [0, 0.1) is 5.82 Å². The van der Waals surface area contributed by atoms with Crippen LogP contribution in [0.4, 0.5) is 4.39 Å². The second kappa shape index (κ2) is 7.00. The molecule has 1 aromatic rings. The Balaban J connectivity index is 1.82. The highest BCUT2D eigenvalue weighted by Crippen LogP contribution is 2.11. The molecule has 0 spiro atoms. The van der Waals surface area contributed by atoms with Crippen molar-refractivity contribution in [3.63, 3.8) is 0 Å². The highest BCUT2D eigenvalue weighted by atomic mass is 32.2. The van der Waals surface area contributed by atoms with Gasteiger partial charge in [0.1, 0.15) is 11.6 Å². The molecule has 5 nitrogen and oxygen atoms in total. The average Bonchev–Trinajstić information content (AvgIpc) is 2.91. The van der Waals surface area contributed by atoms with Gasteiger partial charge < -0.3 is 10.1 Å². The van der Waals surface area contributed by atoms with E-state index >= 15 is 0 Å². The van der Waals surface area contributed by atoms with Crippen LogP contribution in [0.5, 0.6) is 0 Å². The van der Waals surface area contributed by atoms with Crippen molar-refractivity contribution in [3.05, 3.63) is 35.6 Å². The molecule has 21 heavy (non-hydrogen) atoms. The van der Waals surface area contributed by atoms with Crippen molar-refractivity contribution in [2.45, 2.75) is 24.7 Å². The molecule has 0 bridgehead atoms. The Kier molecular flexibility index (Phi) is 5.30. The van der Waals surface area contributed by atoms with Gasteiger partial charge in [-0.3, -0.25) is 4.79 Å². The fourth-order valence-corrected chi connectivity index (χ4v) is 3.47. The topological polar surface area (TPSA) is 72.5 Å². The van der Waals surface area contributed by atoms with Crippen molar-refractivity contribution >= 4 is 15.7 Å². The van der Waals surface area contributed by atoms with E-state index in [4.69, 9.17) is 4.74 Å². The lowest BCUT2D eigenvalue weighted by atomic mass is 10.2. The third-order valence-corrected chi connectivity index (χ3v) is 4.68. The Labute approximate surface area is 123 Å². The van der Waals surface area contributed by atoms with Gasteiger partial charge >= 0.3 is 0 Å². The molecule has 1 fully saturated rings. The molecule has 1 unspecified atom stereocenters. The number of nitrogens with one attached hydrogen (secondary N) is 1. The summed E-state index contributed by atoms with van der Waals surface area (Å²) < 4.78 is 41.9. The van der Waals surface area contributed by atoms with Gasteiger partial charge in [0.15, 0.2) is 9.84 Å². The first kappa shape index (κ1) is 15.9. The number of sulfone groups is 1. The van der Waals surface area contributed by atoms with Crippen LogP contribution >= 0.6 is 0 Å². The molecule has 1 atom stereocenters. The highest BCUT2D eigenvalue weighted by Gasteiger charge is 2.20. The van der Waals surface area contributed by atoms with E-state index in [1.807, 2.05) is 0 Å². The molecular weight excluding hydrogens is 297 g/mol. The van der Waals surface area contributed by atoms with Gasteiger partial charge in [-0.2, -0.15) is 0 Å². The monoisotopic (exact) mass is 315 g/mol. The molecule has 1 amide bonds. The highest BCUT2D eigenvalue weighted by molar-refractivity contribution is 7.91. The normalized spacial score (nSPS) is 18.6. The molecule has 1 aliphatic heterocycles. The molecule has 1 aliphatic rings. The lowest BCUT2D eigenvalue weighted by Crippen LogP contribution is -2.36. The zero-order valence-electron chi connectivity index (χ0n) is 11.5. The van der Waals surface area contributed by atoms with Crippen molar-refractivity contribution in [1.29, 1.82) is 0 Å². The predicted molar refractivity (Wildman–Crippen MR) is 75.9 cm³/mol. The van der Waals surface area contributed by atoms with Gasteiger partial charge in [-0.25, -0.2) is 12.8 Å². The van der Waals surface area contributed by atoms with Crippen LogP contribution in [0.2, 0.25) is 0 Å². The number of ether oxygens (including phenoxy) is 1. The summed E-state index contributed by atoms with van der Waals surface area (Å²) in [5, 5.41) is 2.57. The van der Waals surface area contributed by atoms with Crippen LogP contribution in [-0.2, 0) is 25.1 Å². The van der Waals surface area contributed by atoms with Crippen LogP contribution in [0.1, 0.15) is 18.4 Å². The average molecular weight is 315 g/mol. The number of benzene rings is 1. The number of hydrogen-bond acceptors (Lipinski definition) is 4. The molecule has 7 heteroatoms. The maximum absolute atomic E-state index is 12.8. The van der Waals surface area contributed by atoms with Crippen molar-refractivity contribution in [2.75, 3.05) is 18.9 Å². The Morgan fingerprint density at radius 3 is 2.67 bits per heavy atom. The summed E-state index contributed by atoms with van der Waals surface area (Å²) >= 11 is 0. The lowest BCUT2D eigenvalue weighted by molar-refractivity contribution is -0.119. The largest absolute Gasteiger partial charge is 0.376 e. The maximum atomic E-state index is 12.8. The van der Waals surface area contributed by atoms with Gasteiger partial charge in [0.2, 0.25) is 5.91 Å². The standard InChI is InChI=1S/C14H18FNO4S/c15-12-5-3-11(4-6-12)9-21(18,19)10-14(17)16-8-13-2-1-7-20-13/h3-6,13H,1-2,7-10H2,(H,16,17). The van der Waals surface area contributed by atoms with Gasteiger partial charge in [0, 0.05) is 13.2 Å². The second-order valence-corrected chi connectivity index (χ2v) is 7.16. The van der Waals surface area contributed by atoms with E-state index in [-0.39, 0.29) is 11.9 Å². The third kappa shape index (κ3) is 5.43. The minimum atomic E-state index is -3.57. The number of hydrogen-bond donors (Lipinski definition) is 1. The number of carbonyl (C=O) groups excluding carboxylic acids is 1. The van der Waals surface area contributed by atoms with Crippen LogP contribution in [-0.4, -0.2) is 39.3 Å². The molecule has 0 aliphatic carbocycles. The summed E-state index contributed by atoms with van der Waals surface area (Å²) in [7, 11) is -3.57. The van der Waals surface area contributed by atoms with Crippen molar-refractivity contribution in [3.8, 4) is 0 Å². The SMILES string of the molecule is O=C(CS(=O)(=O)Cc1ccc(F)cc1)NCC1CCCO1. The fraction of sp³-hybridized carbons (Fsp3) is 0.500. The van der Waals surface area contributed by atoms with Crippen molar-refractivity contribution < 1.29 is 22.3 Å². The Morgan fingerprint density at radius 1 is 1.33 bits per heavy atom. The van der Waals surface area contributed by atoms with Crippen LogP contribution in [0.3, 0.4) is 0 Å². The Hall–Kier alpha value is -1.47. The van der Waals surface area contributed by atoms with Crippen molar-refractivity contribution in [2.24, 2.45) is 0 Å². The first-order valence-electron chi connectivity index (χ1n) is 6.78. The summed E-state index contributed by atoms with van der Waals surface area (Å²) in [5.41, 5.74) is 0.461. The molecule has 1 aromatic carbocycles. The molecular formula is C14H18FNO4S. The molecule has 0 aromatic heterocycles. The van der Waals surface area contributed by atoms with Gasteiger partial charge in [-0.1, -0.05) is 12.1 Å². The van der Waals surface area contributed by atoms with Gasteiger partial charge in [0.05, 0.1) is 11.9 Å². The van der Waals surface area contributed by atoms with E-state index in [2.05, 4.69) is 5.32 Å². The van der Waals surface area contributed by atoms with E-state index < -0.39 is 27.3 Å². The van der Waals surface area contributed by atoms with Crippen LogP contribution < -0.4 is 5.32 Å². The summed E-state index contributed by atoms with van der Waals surface area (Å²) in [4.78, 5) is 11.7. The lowest BCUT2D eigenvalue weighted by Gasteiger charge is -2.11. The summed E-state index contributed by atoms with van der Waals surface area (Å²) in [5.74, 6) is -1.81. The Bertz CT molecular complexity index is 579. The van der Waals surface area contributed by atoms with E-state index in [0.29, 0.717) is 18.7 Å². The number of halogens is 1. The van der Waals surface area contributed by atoms with Crippen LogP contribution in [0.25, 0.3) is 0 Å². The quantitative estimate of drug-likeness (QED) is 0.851. The third-order valence-electron chi connectivity index (χ3n) is 3.20. The van der Waals surface area contributed by atoms with Gasteiger partial charge in [0.25, 0.3) is 0 Å². The van der Waals surface area contributed by atoms with E-state index in [1.165, 1.54) is 24.3 Å². The molecule has 116 valence electrons. The maximum Gasteiger partial charge on any atom is 0.235 e. The molecule has 0 saturated carbocycles. The first-order chi connectivity index (χ1) is 9.94. The fourth-order valence-electron chi connectivity index (χ4n) is 2.17. The minimum absolute atomic E-state index is 0.0197. The number of rotatable bonds is 6. The molecule has 2 rings (SSSR count). The van der Waals surface area contributed by atoms with Crippen molar-refractivity contribution in [1.82, 2.24) is 5.32 Å². The van der Waals surface area contributed by atoms with Gasteiger partial charge in [-0.05, 0) is 30.5 Å².